The predicted octanol–water partition coefficient (Wildman–Crippen LogP) is 3.47. The molecule has 0 spiro atoms. The fraction of sp³-hybridized carbons (Fsp3) is 0.474. The second kappa shape index (κ2) is 19.6. The van der Waals surface area contributed by atoms with Gasteiger partial charge in [0.1, 0.15) is 18.0 Å². The number of esters is 1. The number of halogens is 1. The van der Waals surface area contributed by atoms with E-state index in [9.17, 15) is 28.8 Å². The molecule has 1 aromatic heterocycles. The lowest BCUT2D eigenvalue weighted by molar-refractivity contribution is -0.150. The Balaban J connectivity index is 1.60. The quantitative estimate of drug-likeness (QED) is 0.0876. The van der Waals surface area contributed by atoms with Crippen LogP contribution < -0.4 is 16.4 Å². The first-order valence-electron chi connectivity index (χ1n) is 17.8. The number of primary amides is 1. The van der Waals surface area contributed by atoms with Crippen molar-refractivity contribution >= 4 is 58.0 Å². The summed E-state index contributed by atoms with van der Waals surface area (Å²) >= 11 is 5.90. The summed E-state index contributed by atoms with van der Waals surface area (Å²) in [6.45, 7) is 2.32. The highest BCUT2D eigenvalue weighted by molar-refractivity contribution is 6.27. The molecule has 2 aromatic carbocycles. The van der Waals surface area contributed by atoms with E-state index in [1.54, 1.807) is 13.1 Å². The molecule has 3 aromatic rings. The minimum absolute atomic E-state index is 0.126. The van der Waals surface area contributed by atoms with Crippen LogP contribution in [0, 0.1) is 5.92 Å². The Morgan fingerprint density at radius 3 is 2.48 bits per heavy atom. The van der Waals surface area contributed by atoms with Gasteiger partial charge in [-0.05, 0) is 56.2 Å². The molecule has 5 N–H and O–H groups in total. The molecule has 4 atom stereocenters. The van der Waals surface area contributed by atoms with E-state index in [0.717, 1.165) is 22.0 Å². The summed E-state index contributed by atoms with van der Waals surface area (Å²) in [5, 5.41) is 6.34. The van der Waals surface area contributed by atoms with Crippen LogP contribution in [0.4, 0.5) is 4.79 Å². The van der Waals surface area contributed by atoms with Crippen LogP contribution in [-0.2, 0) is 41.6 Å². The number of likely N-dealkylation sites (tertiary alicyclic amines) is 1. The molecule has 4 rings (SSSR count). The maximum absolute atomic E-state index is 14.3. The van der Waals surface area contributed by atoms with Gasteiger partial charge in [-0.25, -0.2) is 4.79 Å². The van der Waals surface area contributed by atoms with E-state index >= 15 is 0 Å². The van der Waals surface area contributed by atoms with Gasteiger partial charge in [0.15, 0.2) is 5.78 Å². The maximum atomic E-state index is 14.3. The molecular formula is C38H49ClN6O7. The molecule has 0 unspecified atom stereocenters. The van der Waals surface area contributed by atoms with Crippen molar-refractivity contribution in [3.05, 3.63) is 71.9 Å². The van der Waals surface area contributed by atoms with Crippen molar-refractivity contribution in [3.8, 4) is 0 Å². The summed E-state index contributed by atoms with van der Waals surface area (Å²) < 4.78 is 5.28. The van der Waals surface area contributed by atoms with Gasteiger partial charge < -0.3 is 35.9 Å². The number of ether oxygens (including phenoxy) is 1. The zero-order valence-electron chi connectivity index (χ0n) is 29.8. The first-order valence-corrected chi connectivity index (χ1v) is 18.3. The first-order chi connectivity index (χ1) is 25.0. The van der Waals surface area contributed by atoms with Crippen molar-refractivity contribution in [1.82, 2.24) is 25.4 Å². The number of fused-ring (bicyclic) bond motifs is 1. The summed E-state index contributed by atoms with van der Waals surface area (Å²) in [5.41, 5.74) is 7.69. The molecule has 0 radical (unpaired) electrons. The molecule has 1 aliphatic heterocycles. The van der Waals surface area contributed by atoms with Gasteiger partial charge in [0.05, 0.1) is 18.6 Å². The Bertz CT molecular complexity index is 1700. The summed E-state index contributed by atoms with van der Waals surface area (Å²) in [6.07, 6.45) is 4.31. The molecule has 280 valence electrons. The molecule has 0 saturated carbocycles. The topological polar surface area (TPSA) is 184 Å². The molecule has 0 bridgehead atoms. The number of carbonyl (C=O) groups is 6. The van der Waals surface area contributed by atoms with E-state index in [2.05, 4.69) is 15.6 Å². The summed E-state index contributed by atoms with van der Waals surface area (Å²) in [4.78, 5) is 85.6. The lowest BCUT2D eigenvalue weighted by Crippen LogP contribution is -2.59. The lowest BCUT2D eigenvalue weighted by atomic mass is 9.91. The van der Waals surface area contributed by atoms with Gasteiger partial charge in [-0.15, -0.1) is 11.6 Å². The Kier molecular flexibility index (Phi) is 15.1. The largest absolute Gasteiger partial charge is 0.466 e. The number of hydrogen-bond acceptors (Lipinski definition) is 7. The predicted molar refractivity (Wildman–Crippen MR) is 197 cm³/mol. The molecule has 1 saturated heterocycles. The third kappa shape index (κ3) is 10.8. The first kappa shape index (κ1) is 39.9. The van der Waals surface area contributed by atoms with E-state index in [-0.39, 0.29) is 56.4 Å². The number of piperidine rings is 1. The van der Waals surface area contributed by atoms with Crippen molar-refractivity contribution < 1.29 is 33.5 Å². The molecule has 5 amide bonds. The Labute approximate surface area is 308 Å². The van der Waals surface area contributed by atoms with E-state index in [0.29, 0.717) is 32.2 Å². The van der Waals surface area contributed by atoms with Crippen LogP contribution in [-0.4, -0.2) is 101 Å². The number of nitrogens with one attached hydrogen (secondary N) is 3. The average molecular weight is 737 g/mol. The van der Waals surface area contributed by atoms with Crippen LogP contribution in [0.5, 0.6) is 0 Å². The van der Waals surface area contributed by atoms with Crippen LogP contribution in [0.3, 0.4) is 0 Å². The molecule has 14 heteroatoms. The standard InChI is InChI=1S/C38H49ClN6O7/c1-3-52-37(50)26(14-11-18-41-38(40)51)22-33(46)30(21-27-24-42-29-16-8-7-15-28(27)29)43-35(48)31-17-9-10-19-45(31)36(49)32(44(2)34(47)23-39)20-25-12-5-4-6-13-25/h4-8,12-13,15-16,24,26,30-32,42H,3,9-11,14,17-23H2,1-2H3,(H,43,48)(H3,40,41,51)/t26-,30+,31+,32+/m1/s1. The van der Waals surface area contributed by atoms with Gasteiger partial charge in [-0.2, -0.15) is 0 Å². The molecule has 1 fully saturated rings. The van der Waals surface area contributed by atoms with Crippen molar-refractivity contribution in [1.29, 1.82) is 0 Å². The average Bonchev–Trinajstić information content (AvgIpc) is 3.56. The molecule has 52 heavy (non-hydrogen) atoms. The van der Waals surface area contributed by atoms with Crippen molar-refractivity contribution in [2.45, 2.75) is 76.4 Å². The number of ketones is 1. The lowest BCUT2D eigenvalue weighted by Gasteiger charge is -2.39. The number of alkyl halides is 1. The highest BCUT2D eigenvalue weighted by atomic mass is 35.5. The summed E-state index contributed by atoms with van der Waals surface area (Å²) in [5.74, 6) is -3.32. The number of aromatic nitrogens is 1. The van der Waals surface area contributed by atoms with Gasteiger partial charge in [0, 0.05) is 56.5 Å². The normalized spacial score (nSPS) is 16.0. The second-order valence-electron chi connectivity index (χ2n) is 13.1. The smallest absolute Gasteiger partial charge is 0.312 e. The Morgan fingerprint density at radius 2 is 1.77 bits per heavy atom. The van der Waals surface area contributed by atoms with Crippen LogP contribution in [0.15, 0.2) is 60.8 Å². The number of Topliss-reactive ketones (excluding diaryl/α,β-unsaturated/α-hetero) is 1. The number of H-pyrrole nitrogens is 1. The molecule has 0 aliphatic carbocycles. The van der Waals surface area contributed by atoms with Gasteiger partial charge in [-0.1, -0.05) is 48.5 Å². The van der Waals surface area contributed by atoms with Crippen molar-refractivity contribution in [3.63, 3.8) is 0 Å². The van der Waals surface area contributed by atoms with Crippen LogP contribution in [0.2, 0.25) is 0 Å². The Hall–Kier alpha value is -4.91. The van der Waals surface area contributed by atoms with Gasteiger partial charge in [0.2, 0.25) is 17.7 Å². The van der Waals surface area contributed by atoms with Crippen LogP contribution in [0.1, 0.15) is 56.6 Å². The maximum Gasteiger partial charge on any atom is 0.312 e. The number of benzene rings is 2. The molecule has 13 nitrogen and oxygen atoms in total. The number of aromatic amines is 1. The van der Waals surface area contributed by atoms with E-state index in [1.165, 1.54) is 16.8 Å². The zero-order valence-corrected chi connectivity index (χ0v) is 30.5. The number of hydrogen-bond donors (Lipinski definition) is 4. The van der Waals surface area contributed by atoms with Crippen LogP contribution in [0.25, 0.3) is 10.9 Å². The number of urea groups is 1. The molecular weight excluding hydrogens is 688 g/mol. The number of para-hydroxylation sites is 1. The fourth-order valence-corrected chi connectivity index (χ4v) is 6.89. The van der Waals surface area contributed by atoms with E-state index in [4.69, 9.17) is 22.1 Å². The number of rotatable bonds is 18. The Morgan fingerprint density at radius 1 is 1.04 bits per heavy atom. The van der Waals surface area contributed by atoms with Gasteiger partial charge in [-0.3, -0.25) is 24.0 Å². The number of nitrogens with two attached hydrogens (primary N) is 1. The minimum Gasteiger partial charge on any atom is -0.466 e. The third-order valence-corrected chi connectivity index (χ3v) is 9.75. The number of carbonyl (C=O) groups excluding carboxylic acids is 6. The summed E-state index contributed by atoms with van der Waals surface area (Å²) in [6, 6.07) is 13.4. The number of amides is 5. The van der Waals surface area contributed by atoms with Crippen LogP contribution >= 0.6 is 11.6 Å². The van der Waals surface area contributed by atoms with Crippen molar-refractivity contribution in [2.75, 3.05) is 32.6 Å². The molecule has 1 aliphatic rings. The van der Waals surface area contributed by atoms with Gasteiger partial charge in [0.25, 0.3) is 0 Å². The SMILES string of the molecule is CCOC(=O)[C@H](CCCNC(N)=O)CC(=O)[C@H](Cc1c[nH]c2ccccc12)NC(=O)[C@@H]1CCCCN1C(=O)[C@H](Cc1ccccc1)N(C)C(=O)CCl. The zero-order chi connectivity index (χ0) is 37.6. The van der Waals surface area contributed by atoms with E-state index in [1.807, 2.05) is 54.6 Å². The fourth-order valence-electron chi connectivity index (χ4n) is 6.70. The summed E-state index contributed by atoms with van der Waals surface area (Å²) in [7, 11) is 1.54. The molecule has 2 heterocycles. The number of likely N-dealkylation sites (N-methyl/N-ethyl adjacent to an activating group) is 1. The highest BCUT2D eigenvalue weighted by Gasteiger charge is 2.39. The minimum atomic E-state index is -1.04. The second-order valence-corrected chi connectivity index (χ2v) is 13.3. The van der Waals surface area contributed by atoms with Gasteiger partial charge >= 0.3 is 12.0 Å². The monoisotopic (exact) mass is 736 g/mol. The third-order valence-electron chi connectivity index (χ3n) is 9.52. The highest BCUT2D eigenvalue weighted by Crippen LogP contribution is 2.24. The van der Waals surface area contributed by atoms with E-state index < -0.39 is 47.9 Å². The van der Waals surface area contributed by atoms with Crippen molar-refractivity contribution in [2.24, 2.45) is 11.7 Å². The number of nitrogens with zero attached hydrogens (tertiary/aromatic N) is 2.